The topological polar surface area (TPSA) is 79.3 Å². The van der Waals surface area contributed by atoms with Crippen LogP contribution in [-0.4, -0.2) is 66.0 Å². The van der Waals surface area contributed by atoms with Crippen LogP contribution in [0.3, 0.4) is 0 Å². The van der Waals surface area contributed by atoms with Crippen LogP contribution in [0, 0.1) is 5.82 Å². The van der Waals surface area contributed by atoms with Gasteiger partial charge in [-0.25, -0.2) is 4.39 Å². The summed E-state index contributed by atoms with van der Waals surface area (Å²) in [5.41, 5.74) is 0.852. The third-order valence-electron chi connectivity index (χ3n) is 6.55. The molecule has 1 saturated heterocycles. The van der Waals surface area contributed by atoms with E-state index < -0.39 is 23.5 Å². The van der Waals surface area contributed by atoms with Crippen molar-refractivity contribution in [1.29, 1.82) is 0 Å². The molecule has 37 heavy (non-hydrogen) atoms. The summed E-state index contributed by atoms with van der Waals surface area (Å²) in [6, 6.07) is 9.70. The van der Waals surface area contributed by atoms with Gasteiger partial charge in [-0.3, -0.25) is 9.59 Å². The Morgan fingerprint density at radius 2 is 1.70 bits per heavy atom. The SMILES string of the molecule is CCCCOc1ccc(C2/C(=C(\O)c3ccc(F)cc3)C(=O)C(=O)N2CCN(CC)CC)cc1OCC. The van der Waals surface area contributed by atoms with Gasteiger partial charge in [-0.15, -0.1) is 0 Å². The fourth-order valence-electron chi connectivity index (χ4n) is 4.42. The number of likely N-dealkylation sites (tertiary alicyclic amines) is 1. The summed E-state index contributed by atoms with van der Waals surface area (Å²) in [6.07, 6.45) is 1.89. The number of aliphatic hydroxyl groups is 1. The first kappa shape index (κ1) is 28.2. The number of carbonyl (C=O) groups excluding carboxylic acids is 2. The van der Waals surface area contributed by atoms with Gasteiger partial charge in [0.2, 0.25) is 0 Å². The molecule has 3 rings (SSSR count). The van der Waals surface area contributed by atoms with E-state index in [1.165, 1.54) is 29.2 Å². The Hall–Kier alpha value is -3.39. The predicted molar refractivity (Wildman–Crippen MR) is 141 cm³/mol. The van der Waals surface area contributed by atoms with Crippen molar-refractivity contribution in [3.8, 4) is 11.5 Å². The number of Topliss-reactive ketones (excluding diaryl/α,β-unsaturated/α-hetero) is 1. The third-order valence-corrected chi connectivity index (χ3v) is 6.55. The molecule has 0 aromatic heterocycles. The van der Waals surface area contributed by atoms with Gasteiger partial charge >= 0.3 is 0 Å². The van der Waals surface area contributed by atoms with Crippen LogP contribution in [0.5, 0.6) is 11.5 Å². The zero-order chi connectivity index (χ0) is 26.9. The summed E-state index contributed by atoms with van der Waals surface area (Å²) in [5, 5.41) is 11.2. The zero-order valence-electron chi connectivity index (χ0n) is 22.1. The second-order valence-electron chi connectivity index (χ2n) is 8.87. The van der Waals surface area contributed by atoms with Crippen molar-refractivity contribution in [3.63, 3.8) is 0 Å². The molecule has 0 aliphatic carbocycles. The van der Waals surface area contributed by atoms with Crippen molar-refractivity contribution in [1.82, 2.24) is 9.80 Å². The number of nitrogens with zero attached hydrogens (tertiary/aromatic N) is 2. The lowest BCUT2D eigenvalue weighted by Gasteiger charge is -2.28. The smallest absolute Gasteiger partial charge is 0.295 e. The highest BCUT2D eigenvalue weighted by Gasteiger charge is 2.46. The molecule has 1 heterocycles. The van der Waals surface area contributed by atoms with Gasteiger partial charge in [-0.05, 0) is 68.4 Å². The summed E-state index contributed by atoms with van der Waals surface area (Å²) in [7, 11) is 0. The van der Waals surface area contributed by atoms with Crippen molar-refractivity contribution in [3.05, 3.63) is 65.0 Å². The minimum atomic E-state index is -0.829. The lowest BCUT2D eigenvalue weighted by atomic mass is 9.95. The number of unbranched alkanes of at least 4 members (excludes halogenated alkanes) is 1. The maximum atomic E-state index is 13.5. The molecule has 1 aliphatic heterocycles. The molecule has 1 N–H and O–H groups in total. The Kier molecular flexibility index (Phi) is 10.1. The molecule has 1 aliphatic rings. The molecule has 0 saturated carbocycles. The first-order valence-corrected chi connectivity index (χ1v) is 13.0. The van der Waals surface area contributed by atoms with Gasteiger partial charge < -0.3 is 24.4 Å². The number of likely N-dealkylation sites (N-methyl/N-ethyl adjacent to an activating group) is 1. The molecule has 1 atom stereocenters. The van der Waals surface area contributed by atoms with Crippen molar-refractivity contribution in [2.75, 3.05) is 39.4 Å². The highest BCUT2D eigenvalue weighted by atomic mass is 19.1. The summed E-state index contributed by atoms with van der Waals surface area (Å²) >= 11 is 0. The summed E-state index contributed by atoms with van der Waals surface area (Å²) in [6.45, 7) is 11.5. The normalized spacial score (nSPS) is 17.0. The van der Waals surface area contributed by atoms with Gasteiger partial charge in [0.05, 0.1) is 24.8 Å². The van der Waals surface area contributed by atoms with E-state index in [-0.39, 0.29) is 16.9 Å². The second-order valence-corrected chi connectivity index (χ2v) is 8.87. The largest absolute Gasteiger partial charge is 0.507 e. The number of ketones is 1. The molecule has 1 amide bonds. The molecular formula is C29H37FN2O5. The van der Waals surface area contributed by atoms with E-state index >= 15 is 0 Å². The number of aliphatic hydroxyl groups excluding tert-OH is 1. The van der Waals surface area contributed by atoms with Gasteiger partial charge in [0.1, 0.15) is 11.6 Å². The summed E-state index contributed by atoms with van der Waals surface area (Å²) < 4.78 is 25.3. The van der Waals surface area contributed by atoms with E-state index in [2.05, 4.69) is 11.8 Å². The Labute approximate surface area is 218 Å². The van der Waals surface area contributed by atoms with Gasteiger partial charge in [0.25, 0.3) is 11.7 Å². The first-order chi connectivity index (χ1) is 17.9. The Bertz CT molecular complexity index is 1110. The number of halogens is 1. The number of ether oxygens (including phenoxy) is 2. The van der Waals surface area contributed by atoms with Crippen LogP contribution in [0.15, 0.2) is 48.0 Å². The van der Waals surface area contributed by atoms with Crippen molar-refractivity contribution < 1.29 is 28.6 Å². The quantitative estimate of drug-likeness (QED) is 0.173. The average Bonchev–Trinajstić information content (AvgIpc) is 3.15. The number of amides is 1. The second kappa shape index (κ2) is 13.2. The van der Waals surface area contributed by atoms with E-state index in [0.717, 1.165) is 25.9 Å². The van der Waals surface area contributed by atoms with Crippen molar-refractivity contribution >= 4 is 17.4 Å². The van der Waals surface area contributed by atoms with Crippen LogP contribution in [0.4, 0.5) is 4.39 Å². The lowest BCUT2D eigenvalue weighted by molar-refractivity contribution is -0.140. The molecule has 0 radical (unpaired) electrons. The van der Waals surface area contributed by atoms with E-state index in [1.54, 1.807) is 18.2 Å². The van der Waals surface area contributed by atoms with Gasteiger partial charge in [0.15, 0.2) is 11.5 Å². The Morgan fingerprint density at radius 1 is 1.00 bits per heavy atom. The molecule has 7 nitrogen and oxygen atoms in total. The highest BCUT2D eigenvalue weighted by molar-refractivity contribution is 6.46. The van der Waals surface area contributed by atoms with Crippen LogP contribution < -0.4 is 9.47 Å². The maximum Gasteiger partial charge on any atom is 0.295 e. The van der Waals surface area contributed by atoms with Gasteiger partial charge in [-0.1, -0.05) is 33.3 Å². The fourth-order valence-corrected chi connectivity index (χ4v) is 4.42. The summed E-state index contributed by atoms with van der Waals surface area (Å²) in [5.74, 6) is -1.16. The van der Waals surface area contributed by atoms with E-state index in [1.807, 2.05) is 20.8 Å². The highest BCUT2D eigenvalue weighted by Crippen LogP contribution is 2.42. The predicted octanol–water partition coefficient (Wildman–Crippen LogP) is 5.17. The maximum absolute atomic E-state index is 13.5. The van der Waals surface area contributed by atoms with Crippen LogP contribution in [0.25, 0.3) is 5.76 Å². The fraction of sp³-hybridized carbons (Fsp3) is 0.448. The van der Waals surface area contributed by atoms with Gasteiger partial charge in [-0.2, -0.15) is 0 Å². The van der Waals surface area contributed by atoms with Crippen LogP contribution in [-0.2, 0) is 9.59 Å². The molecule has 1 fully saturated rings. The molecule has 0 spiro atoms. The molecule has 8 heteroatoms. The number of rotatable bonds is 13. The standard InChI is InChI=1S/C29H37FN2O5/c1-5-9-18-37-23-15-12-21(19-24(23)36-8-4)26-25(27(33)20-10-13-22(30)14-11-20)28(34)29(35)32(26)17-16-31(6-2)7-3/h10-15,19,26,33H,5-9,16-18H2,1-4H3/b27-25+. The molecular weight excluding hydrogens is 475 g/mol. The minimum absolute atomic E-state index is 0.0294. The third kappa shape index (κ3) is 6.49. The molecule has 1 unspecified atom stereocenters. The molecule has 0 bridgehead atoms. The Balaban J connectivity index is 2.11. The Morgan fingerprint density at radius 3 is 2.32 bits per heavy atom. The average molecular weight is 513 g/mol. The number of carbonyl (C=O) groups is 2. The molecule has 200 valence electrons. The van der Waals surface area contributed by atoms with Crippen molar-refractivity contribution in [2.24, 2.45) is 0 Å². The van der Waals surface area contributed by atoms with Crippen molar-refractivity contribution in [2.45, 2.75) is 46.6 Å². The lowest BCUT2D eigenvalue weighted by Crippen LogP contribution is -2.38. The van der Waals surface area contributed by atoms with Crippen LogP contribution >= 0.6 is 0 Å². The van der Waals surface area contributed by atoms with Gasteiger partial charge in [0, 0.05) is 18.7 Å². The van der Waals surface area contributed by atoms with E-state index in [4.69, 9.17) is 9.47 Å². The number of benzene rings is 2. The minimum Gasteiger partial charge on any atom is -0.507 e. The monoisotopic (exact) mass is 512 g/mol. The zero-order valence-corrected chi connectivity index (χ0v) is 22.1. The van der Waals surface area contributed by atoms with E-state index in [0.29, 0.717) is 43.4 Å². The first-order valence-electron chi connectivity index (χ1n) is 13.0. The molecule has 2 aromatic rings. The molecule has 2 aromatic carbocycles. The van der Waals surface area contributed by atoms with Crippen LogP contribution in [0.1, 0.15) is 57.7 Å². The summed E-state index contributed by atoms with van der Waals surface area (Å²) in [4.78, 5) is 30.1. The van der Waals surface area contributed by atoms with E-state index in [9.17, 15) is 19.1 Å². The number of hydrogen-bond donors (Lipinski definition) is 1. The number of hydrogen-bond acceptors (Lipinski definition) is 6. The van der Waals surface area contributed by atoms with Crippen LogP contribution in [0.2, 0.25) is 0 Å².